The van der Waals surface area contributed by atoms with Gasteiger partial charge in [-0.15, -0.1) is 0 Å². The number of ether oxygens (including phenoxy) is 1. The highest BCUT2D eigenvalue weighted by Crippen LogP contribution is 2.26. The second-order valence-corrected chi connectivity index (χ2v) is 6.36. The predicted octanol–water partition coefficient (Wildman–Crippen LogP) is 3.39. The highest BCUT2D eigenvalue weighted by Gasteiger charge is 2.24. The van der Waals surface area contributed by atoms with E-state index in [9.17, 15) is 4.39 Å². The molecule has 1 aliphatic rings. The average Bonchev–Trinajstić information content (AvgIpc) is 3.03. The smallest absolute Gasteiger partial charge is 0.127 e. The summed E-state index contributed by atoms with van der Waals surface area (Å²) in [5.41, 5.74) is 1.58. The summed E-state index contributed by atoms with van der Waals surface area (Å²) in [5.74, 6) is 0.774. The molecule has 0 radical (unpaired) electrons. The number of aromatic nitrogens is 2. The van der Waals surface area contributed by atoms with Crippen LogP contribution in [0.5, 0.6) is 5.75 Å². The van der Waals surface area contributed by atoms with Crippen LogP contribution in [0.2, 0.25) is 0 Å². The van der Waals surface area contributed by atoms with Crippen LogP contribution in [-0.4, -0.2) is 40.8 Å². The lowest BCUT2D eigenvalue weighted by molar-refractivity contribution is 0.223. The van der Waals surface area contributed by atoms with Gasteiger partial charge in [0, 0.05) is 30.1 Å². The van der Waals surface area contributed by atoms with Crippen LogP contribution in [0.25, 0.3) is 11.1 Å². The maximum absolute atomic E-state index is 13.9. The normalized spacial score (nSPS) is 18.5. The fourth-order valence-corrected chi connectivity index (χ4v) is 2.96. The first kappa shape index (κ1) is 15.9. The number of rotatable bonds is 5. The Hall–Kier alpha value is -2.01. The largest absolute Gasteiger partial charge is 0.493 e. The van der Waals surface area contributed by atoms with Gasteiger partial charge in [0.2, 0.25) is 0 Å². The molecule has 5 heteroatoms. The van der Waals surface area contributed by atoms with E-state index in [1.165, 1.54) is 12.1 Å². The number of hydrogen-bond donors (Lipinski definition) is 0. The summed E-state index contributed by atoms with van der Waals surface area (Å²) < 4.78 is 19.7. The molecule has 1 aromatic heterocycles. The molecule has 0 N–H and O–H groups in total. The fraction of sp³-hybridized carbons (Fsp3) is 0.444. The zero-order valence-electron chi connectivity index (χ0n) is 13.6. The van der Waals surface area contributed by atoms with Crippen molar-refractivity contribution in [3.8, 4) is 16.9 Å². The van der Waals surface area contributed by atoms with Crippen LogP contribution >= 0.6 is 0 Å². The first-order chi connectivity index (χ1) is 11.1. The number of benzene rings is 1. The standard InChI is InChI=1S/C18H22FN3O/c1-13(2)22-6-4-14(11-22)12-23-18-8-16(7-17(19)9-18)15-3-5-20-21-10-15/h3,5,7-10,13-14H,4,6,11-12H2,1-2H3. The van der Waals surface area contributed by atoms with Gasteiger partial charge in [-0.1, -0.05) is 0 Å². The summed E-state index contributed by atoms with van der Waals surface area (Å²) in [6.07, 6.45) is 4.35. The van der Waals surface area contributed by atoms with Gasteiger partial charge in [-0.2, -0.15) is 10.2 Å². The molecule has 2 aromatic rings. The molecular formula is C18H22FN3O. The zero-order valence-corrected chi connectivity index (χ0v) is 13.6. The van der Waals surface area contributed by atoms with Gasteiger partial charge in [-0.25, -0.2) is 4.39 Å². The van der Waals surface area contributed by atoms with E-state index < -0.39 is 0 Å². The van der Waals surface area contributed by atoms with Crippen molar-refractivity contribution in [3.05, 3.63) is 42.5 Å². The van der Waals surface area contributed by atoms with Gasteiger partial charge in [0.25, 0.3) is 0 Å². The van der Waals surface area contributed by atoms with Crippen molar-refractivity contribution < 1.29 is 9.13 Å². The topological polar surface area (TPSA) is 38.2 Å². The van der Waals surface area contributed by atoms with Gasteiger partial charge < -0.3 is 9.64 Å². The fourth-order valence-electron chi connectivity index (χ4n) is 2.96. The molecule has 0 aliphatic carbocycles. The van der Waals surface area contributed by atoms with Crippen LogP contribution in [0.4, 0.5) is 4.39 Å². The summed E-state index contributed by atoms with van der Waals surface area (Å²) in [5, 5.41) is 7.58. The third-order valence-corrected chi connectivity index (χ3v) is 4.32. The van der Waals surface area contributed by atoms with Crippen molar-refractivity contribution in [3.63, 3.8) is 0 Å². The molecule has 1 unspecified atom stereocenters. The molecule has 1 aliphatic heterocycles. The lowest BCUT2D eigenvalue weighted by atomic mass is 10.1. The van der Waals surface area contributed by atoms with Gasteiger partial charge in [-0.05, 0) is 50.6 Å². The number of halogens is 1. The van der Waals surface area contributed by atoms with E-state index in [0.717, 1.165) is 30.6 Å². The van der Waals surface area contributed by atoms with Crippen LogP contribution < -0.4 is 4.74 Å². The minimum Gasteiger partial charge on any atom is -0.493 e. The van der Waals surface area contributed by atoms with Gasteiger partial charge >= 0.3 is 0 Å². The molecule has 0 saturated carbocycles. The van der Waals surface area contributed by atoms with Crippen LogP contribution in [0, 0.1) is 11.7 Å². The van der Waals surface area contributed by atoms with Crippen LogP contribution in [0.3, 0.4) is 0 Å². The minimum absolute atomic E-state index is 0.301. The van der Waals surface area contributed by atoms with E-state index in [1.807, 2.05) is 12.1 Å². The number of likely N-dealkylation sites (tertiary alicyclic amines) is 1. The second kappa shape index (κ2) is 7.04. The first-order valence-electron chi connectivity index (χ1n) is 8.06. The molecule has 2 heterocycles. The van der Waals surface area contributed by atoms with E-state index >= 15 is 0 Å². The Morgan fingerprint density at radius 3 is 2.83 bits per heavy atom. The zero-order chi connectivity index (χ0) is 16.2. The molecule has 1 atom stereocenters. The summed E-state index contributed by atoms with van der Waals surface area (Å²) in [4.78, 5) is 2.45. The van der Waals surface area contributed by atoms with E-state index in [4.69, 9.17) is 4.74 Å². The van der Waals surface area contributed by atoms with Gasteiger partial charge in [-0.3, -0.25) is 0 Å². The average molecular weight is 315 g/mol. The second-order valence-electron chi connectivity index (χ2n) is 6.36. The number of nitrogens with zero attached hydrogens (tertiary/aromatic N) is 3. The number of hydrogen-bond acceptors (Lipinski definition) is 4. The Balaban J connectivity index is 1.66. The van der Waals surface area contributed by atoms with Crippen molar-refractivity contribution in [2.45, 2.75) is 26.3 Å². The van der Waals surface area contributed by atoms with Gasteiger partial charge in [0.1, 0.15) is 11.6 Å². The molecule has 0 bridgehead atoms. The molecule has 23 heavy (non-hydrogen) atoms. The Morgan fingerprint density at radius 2 is 2.13 bits per heavy atom. The lowest BCUT2D eigenvalue weighted by Crippen LogP contribution is -2.29. The lowest BCUT2D eigenvalue weighted by Gasteiger charge is -2.20. The molecule has 1 fully saturated rings. The molecule has 0 amide bonds. The molecule has 122 valence electrons. The Labute approximate surface area is 136 Å². The van der Waals surface area contributed by atoms with Crippen LogP contribution in [0.15, 0.2) is 36.7 Å². The van der Waals surface area contributed by atoms with Gasteiger partial charge in [0.15, 0.2) is 0 Å². The highest BCUT2D eigenvalue weighted by molar-refractivity contribution is 5.63. The maximum Gasteiger partial charge on any atom is 0.127 e. The third kappa shape index (κ3) is 4.05. The third-order valence-electron chi connectivity index (χ3n) is 4.32. The quantitative estimate of drug-likeness (QED) is 0.848. The van der Waals surface area contributed by atoms with E-state index in [-0.39, 0.29) is 5.82 Å². The molecule has 0 spiro atoms. The van der Waals surface area contributed by atoms with E-state index in [0.29, 0.717) is 24.3 Å². The molecular weight excluding hydrogens is 293 g/mol. The van der Waals surface area contributed by atoms with Crippen molar-refractivity contribution in [1.29, 1.82) is 0 Å². The SMILES string of the molecule is CC(C)N1CCC(COc2cc(F)cc(-c3ccnnc3)c2)C1. The van der Waals surface area contributed by atoms with Gasteiger partial charge in [0.05, 0.1) is 19.0 Å². The van der Waals surface area contributed by atoms with E-state index in [2.05, 4.69) is 28.9 Å². The van der Waals surface area contributed by atoms with Crippen LogP contribution in [0.1, 0.15) is 20.3 Å². The monoisotopic (exact) mass is 315 g/mol. The Kier molecular flexibility index (Phi) is 4.86. The highest BCUT2D eigenvalue weighted by atomic mass is 19.1. The van der Waals surface area contributed by atoms with Crippen molar-refractivity contribution in [2.24, 2.45) is 5.92 Å². The van der Waals surface area contributed by atoms with Crippen molar-refractivity contribution in [2.75, 3.05) is 19.7 Å². The van der Waals surface area contributed by atoms with E-state index in [1.54, 1.807) is 12.4 Å². The summed E-state index contributed by atoms with van der Waals surface area (Å²) in [6.45, 7) is 7.22. The van der Waals surface area contributed by atoms with Crippen LogP contribution in [-0.2, 0) is 0 Å². The molecule has 4 nitrogen and oxygen atoms in total. The maximum atomic E-state index is 13.9. The summed E-state index contributed by atoms with van der Waals surface area (Å²) in [7, 11) is 0. The first-order valence-corrected chi connectivity index (χ1v) is 8.06. The molecule has 1 aromatic carbocycles. The predicted molar refractivity (Wildman–Crippen MR) is 87.7 cm³/mol. The Bertz CT molecular complexity index is 648. The molecule has 3 rings (SSSR count). The minimum atomic E-state index is -0.301. The van der Waals surface area contributed by atoms with Crippen molar-refractivity contribution >= 4 is 0 Å². The Morgan fingerprint density at radius 1 is 1.26 bits per heavy atom. The molecule has 1 saturated heterocycles. The summed E-state index contributed by atoms with van der Waals surface area (Å²) in [6, 6.07) is 7.16. The van der Waals surface area contributed by atoms with Crippen molar-refractivity contribution in [1.82, 2.24) is 15.1 Å². The summed E-state index contributed by atoms with van der Waals surface area (Å²) >= 11 is 0.